The number of aromatic nitrogens is 1. The summed E-state index contributed by atoms with van der Waals surface area (Å²) < 4.78 is 19.5. The lowest BCUT2D eigenvalue weighted by atomic mass is 10.1. The Morgan fingerprint density at radius 2 is 2.03 bits per heavy atom. The molecule has 0 atom stereocenters. The van der Waals surface area contributed by atoms with Gasteiger partial charge in [0.05, 0.1) is 5.56 Å². The third-order valence-corrected chi connectivity index (χ3v) is 6.08. The zero-order chi connectivity index (χ0) is 23.4. The molecule has 0 unspecified atom stereocenters. The highest BCUT2D eigenvalue weighted by atomic mass is 35.5. The quantitative estimate of drug-likeness (QED) is 0.230. The summed E-state index contributed by atoms with van der Waals surface area (Å²) in [5.41, 5.74) is 0.945. The van der Waals surface area contributed by atoms with Crippen LogP contribution in [-0.4, -0.2) is 10.9 Å². The standard InChI is InChI=1S/C24H14Cl2FN3O2S/c25-16-5-7-20(26)14(9-16)11-18-13-29-24(33-18)30-23(31)15(12-28)10-17-6-8-22(32-17)19-3-1-2-4-21(19)27/h1-10,13H,11H2,(H,29,30,31)/b15-10+. The number of benzene rings is 2. The number of halogens is 3. The van der Waals surface area contributed by atoms with Gasteiger partial charge in [-0.2, -0.15) is 5.26 Å². The normalized spacial score (nSPS) is 11.3. The molecule has 0 aliphatic rings. The van der Waals surface area contributed by atoms with Gasteiger partial charge in [-0.25, -0.2) is 9.37 Å². The Morgan fingerprint density at radius 3 is 2.82 bits per heavy atom. The molecule has 2 aromatic heterocycles. The monoisotopic (exact) mass is 497 g/mol. The molecule has 0 fully saturated rings. The Hall–Kier alpha value is -3.44. The number of rotatable bonds is 6. The van der Waals surface area contributed by atoms with E-state index in [4.69, 9.17) is 27.6 Å². The number of furan rings is 1. The number of anilines is 1. The molecule has 0 aliphatic carbocycles. The second kappa shape index (κ2) is 10.0. The largest absolute Gasteiger partial charge is 0.457 e. The molecule has 164 valence electrons. The van der Waals surface area contributed by atoms with Crippen molar-refractivity contribution in [3.63, 3.8) is 0 Å². The van der Waals surface area contributed by atoms with Crippen molar-refractivity contribution in [2.75, 3.05) is 5.32 Å². The number of hydrogen-bond donors (Lipinski definition) is 1. The first-order chi connectivity index (χ1) is 15.9. The van der Waals surface area contributed by atoms with E-state index in [1.54, 1.807) is 54.7 Å². The van der Waals surface area contributed by atoms with Crippen LogP contribution in [0.1, 0.15) is 16.2 Å². The highest BCUT2D eigenvalue weighted by Gasteiger charge is 2.15. The molecule has 0 bridgehead atoms. The first kappa shape index (κ1) is 22.7. The van der Waals surface area contributed by atoms with Crippen molar-refractivity contribution in [2.24, 2.45) is 0 Å². The number of nitriles is 1. The number of nitrogens with one attached hydrogen (secondary N) is 1. The van der Waals surface area contributed by atoms with E-state index in [0.29, 0.717) is 27.4 Å². The van der Waals surface area contributed by atoms with Crippen LogP contribution in [0.4, 0.5) is 9.52 Å². The predicted octanol–water partition coefficient (Wildman–Crippen LogP) is 6.99. The Morgan fingerprint density at radius 1 is 1.21 bits per heavy atom. The highest BCUT2D eigenvalue weighted by molar-refractivity contribution is 7.15. The maximum atomic E-state index is 14.0. The Balaban J connectivity index is 1.47. The summed E-state index contributed by atoms with van der Waals surface area (Å²) in [6.45, 7) is 0. The zero-order valence-electron chi connectivity index (χ0n) is 16.8. The second-order valence-corrected chi connectivity index (χ2v) is 8.81. The number of amides is 1. The summed E-state index contributed by atoms with van der Waals surface area (Å²) in [5.74, 6) is -0.529. The van der Waals surface area contributed by atoms with Gasteiger partial charge in [-0.3, -0.25) is 10.1 Å². The van der Waals surface area contributed by atoms with Gasteiger partial charge in [-0.1, -0.05) is 35.3 Å². The van der Waals surface area contributed by atoms with Gasteiger partial charge in [0.1, 0.15) is 29.0 Å². The molecular formula is C24H14Cl2FN3O2S. The van der Waals surface area contributed by atoms with E-state index in [1.807, 2.05) is 6.07 Å². The Labute approximate surface area is 202 Å². The number of hydrogen-bond acceptors (Lipinski definition) is 5. The molecule has 4 aromatic rings. The number of nitrogens with zero attached hydrogens (tertiary/aromatic N) is 2. The fourth-order valence-corrected chi connectivity index (χ4v) is 4.21. The van der Waals surface area contributed by atoms with E-state index in [-0.39, 0.29) is 16.9 Å². The number of carbonyl (C=O) groups excluding carboxylic acids is 1. The van der Waals surface area contributed by atoms with Gasteiger partial charge in [0, 0.05) is 33.6 Å². The van der Waals surface area contributed by atoms with Gasteiger partial charge >= 0.3 is 0 Å². The van der Waals surface area contributed by atoms with Gasteiger partial charge in [0.2, 0.25) is 0 Å². The first-order valence-electron chi connectivity index (χ1n) is 9.59. The van der Waals surface area contributed by atoms with Crippen LogP contribution >= 0.6 is 34.5 Å². The molecule has 33 heavy (non-hydrogen) atoms. The molecule has 4 rings (SSSR count). The molecule has 0 saturated carbocycles. The second-order valence-electron chi connectivity index (χ2n) is 6.85. The predicted molar refractivity (Wildman–Crippen MR) is 128 cm³/mol. The Kier molecular flexibility index (Phi) is 6.90. The average Bonchev–Trinajstić information content (AvgIpc) is 3.44. The highest BCUT2D eigenvalue weighted by Crippen LogP contribution is 2.28. The smallest absolute Gasteiger partial charge is 0.268 e. The molecule has 1 amide bonds. The fraction of sp³-hybridized carbons (Fsp3) is 0.0417. The van der Waals surface area contributed by atoms with Crippen molar-refractivity contribution in [2.45, 2.75) is 6.42 Å². The van der Waals surface area contributed by atoms with E-state index in [1.165, 1.54) is 23.5 Å². The van der Waals surface area contributed by atoms with E-state index in [0.717, 1.165) is 10.4 Å². The summed E-state index contributed by atoms with van der Waals surface area (Å²) in [4.78, 5) is 17.6. The summed E-state index contributed by atoms with van der Waals surface area (Å²) in [6, 6.07) is 16.4. The van der Waals surface area contributed by atoms with E-state index in [2.05, 4.69) is 10.3 Å². The van der Waals surface area contributed by atoms with Gasteiger partial charge < -0.3 is 4.42 Å². The Bertz CT molecular complexity index is 1400. The molecule has 2 heterocycles. The van der Waals surface area contributed by atoms with Crippen molar-refractivity contribution in [1.29, 1.82) is 5.26 Å². The third-order valence-electron chi connectivity index (χ3n) is 4.56. The third kappa shape index (κ3) is 5.49. The van der Waals surface area contributed by atoms with Crippen LogP contribution in [0.5, 0.6) is 0 Å². The SMILES string of the molecule is N#C/C(=C\c1ccc(-c2ccccc2F)o1)C(=O)Nc1ncc(Cc2cc(Cl)ccc2Cl)s1. The number of carbonyl (C=O) groups is 1. The van der Waals surface area contributed by atoms with Crippen LogP contribution in [-0.2, 0) is 11.2 Å². The van der Waals surface area contributed by atoms with E-state index in [9.17, 15) is 14.4 Å². The molecule has 5 nitrogen and oxygen atoms in total. The average molecular weight is 498 g/mol. The van der Waals surface area contributed by atoms with Crippen LogP contribution in [0.25, 0.3) is 17.4 Å². The molecule has 0 radical (unpaired) electrons. The first-order valence-corrected chi connectivity index (χ1v) is 11.2. The fourth-order valence-electron chi connectivity index (χ4n) is 3.01. The topological polar surface area (TPSA) is 78.9 Å². The molecule has 2 aromatic carbocycles. The van der Waals surface area contributed by atoms with Crippen molar-refractivity contribution in [3.8, 4) is 17.4 Å². The van der Waals surface area contributed by atoms with Crippen LogP contribution < -0.4 is 5.32 Å². The molecular weight excluding hydrogens is 484 g/mol. The molecule has 9 heteroatoms. The van der Waals surface area contributed by atoms with E-state index >= 15 is 0 Å². The van der Waals surface area contributed by atoms with E-state index < -0.39 is 11.7 Å². The molecule has 0 spiro atoms. The van der Waals surface area contributed by atoms with Crippen LogP contribution in [0.2, 0.25) is 10.0 Å². The van der Waals surface area contributed by atoms with Gasteiger partial charge in [0.25, 0.3) is 5.91 Å². The zero-order valence-corrected chi connectivity index (χ0v) is 19.1. The lowest BCUT2D eigenvalue weighted by Crippen LogP contribution is -2.13. The lowest BCUT2D eigenvalue weighted by Gasteiger charge is -2.02. The van der Waals surface area contributed by atoms with Crippen LogP contribution in [0, 0.1) is 17.1 Å². The molecule has 0 saturated heterocycles. The van der Waals surface area contributed by atoms with Gasteiger partial charge in [-0.05, 0) is 48.0 Å². The van der Waals surface area contributed by atoms with Crippen molar-refractivity contribution in [3.05, 3.63) is 98.4 Å². The summed E-state index contributed by atoms with van der Waals surface area (Å²) in [5, 5.41) is 13.5. The van der Waals surface area contributed by atoms with Gasteiger partial charge in [-0.15, -0.1) is 11.3 Å². The number of thiazole rings is 1. The summed E-state index contributed by atoms with van der Waals surface area (Å²) in [7, 11) is 0. The minimum Gasteiger partial charge on any atom is -0.457 e. The molecule has 0 aliphatic heterocycles. The van der Waals surface area contributed by atoms with Crippen LogP contribution in [0.15, 0.2) is 70.8 Å². The van der Waals surface area contributed by atoms with Crippen molar-refractivity contribution in [1.82, 2.24) is 4.98 Å². The maximum Gasteiger partial charge on any atom is 0.268 e. The minimum atomic E-state index is -0.636. The van der Waals surface area contributed by atoms with Crippen molar-refractivity contribution < 1.29 is 13.6 Å². The summed E-state index contributed by atoms with van der Waals surface area (Å²) >= 11 is 13.5. The summed E-state index contributed by atoms with van der Waals surface area (Å²) in [6.07, 6.45) is 3.42. The maximum absolute atomic E-state index is 14.0. The minimum absolute atomic E-state index is 0.181. The molecule has 1 N–H and O–H groups in total. The van der Waals surface area contributed by atoms with Crippen molar-refractivity contribution >= 4 is 51.7 Å². The van der Waals surface area contributed by atoms with Gasteiger partial charge in [0.15, 0.2) is 5.13 Å². The lowest BCUT2D eigenvalue weighted by molar-refractivity contribution is -0.112. The van der Waals surface area contributed by atoms with Crippen LogP contribution in [0.3, 0.4) is 0 Å².